The monoisotopic (exact) mass is 320 g/mol. The van der Waals surface area contributed by atoms with Crippen molar-refractivity contribution in [3.8, 4) is 0 Å². The fraction of sp³-hybridized carbons (Fsp3) is 0.500. The van der Waals surface area contributed by atoms with E-state index < -0.39 is 17.2 Å². The van der Waals surface area contributed by atoms with E-state index in [9.17, 15) is 18.0 Å². The second-order valence-corrected chi connectivity index (χ2v) is 5.61. The van der Waals surface area contributed by atoms with E-state index in [0.29, 0.717) is 19.4 Å². The molecule has 116 valence electrons. The summed E-state index contributed by atoms with van der Waals surface area (Å²) in [5.41, 5.74) is -1.40. The summed E-state index contributed by atoms with van der Waals surface area (Å²) in [5.74, 6) is -0.259. The third-order valence-electron chi connectivity index (χ3n) is 3.93. The third-order valence-corrected chi connectivity index (χ3v) is 4.26. The molecule has 0 bridgehead atoms. The fourth-order valence-corrected chi connectivity index (χ4v) is 2.71. The first kappa shape index (κ1) is 16.1. The number of carbonyl (C=O) groups excluding carboxylic acids is 1. The molecule has 0 aliphatic carbocycles. The molecule has 21 heavy (non-hydrogen) atoms. The Hall–Kier alpha value is -1.27. The highest BCUT2D eigenvalue weighted by molar-refractivity contribution is 6.31. The quantitative estimate of drug-likeness (QED) is 0.892. The summed E-state index contributed by atoms with van der Waals surface area (Å²) in [7, 11) is 0. The van der Waals surface area contributed by atoms with Gasteiger partial charge in [-0.05, 0) is 37.6 Å². The van der Waals surface area contributed by atoms with E-state index in [1.54, 1.807) is 0 Å². The van der Waals surface area contributed by atoms with Gasteiger partial charge in [0.25, 0.3) is 0 Å². The van der Waals surface area contributed by atoms with Crippen LogP contribution in [0.2, 0.25) is 5.02 Å². The van der Waals surface area contributed by atoms with Gasteiger partial charge < -0.3 is 10.6 Å². The number of benzene rings is 1. The molecule has 1 atom stereocenters. The Balaban J connectivity index is 2.22. The highest BCUT2D eigenvalue weighted by atomic mass is 35.5. The zero-order valence-corrected chi connectivity index (χ0v) is 12.2. The maximum atomic E-state index is 12.8. The van der Waals surface area contributed by atoms with Crippen LogP contribution in [-0.4, -0.2) is 19.0 Å². The van der Waals surface area contributed by atoms with E-state index >= 15 is 0 Å². The topological polar surface area (TPSA) is 41.1 Å². The second-order valence-electron chi connectivity index (χ2n) is 5.21. The van der Waals surface area contributed by atoms with Crippen LogP contribution in [0.3, 0.4) is 0 Å². The molecule has 2 rings (SSSR count). The molecular weight excluding hydrogens is 305 g/mol. The van der Waals surface area contributed by atoms with Crippen LogP contribution in [0.4, 0.5) is 18.9 Å². The van der Waals surface area contributed by atoms with Crippen molar-refractivity contribution in [3.63, 3.8) is 0 Å². The molecule has 1 aromatic rings. The molecule has 1 saturated heterocycles. The molecule has 3 nitrogen and oxygen atoms in total. The number of hydrogen-bond donors (Lipinski definition) is 2. The molecule has 1 aromatic carbocycles. The number of anilines is 1. The number of alkyl halides is 3. The Morgan fingerprint density at radius 1 is 1.48 bits per heavy atom. The van der Waals surface area contributed by atoms with Crippen LogP contribution in [-0.2, 0) is 11.0 Å². The van der Waals surface area contributed by atoms with Gasteiger partial charge in [0.2, 0.25) is 5.91 Å². The van der Waals surface area contributed by atoms with E-state index in [0.717, 1.165) is 18.7 Å². The van der Waals surface area contributed by atoms with Crippen molar-refractivity contribution in [2.24, 2.45) is 5.41 Å². The van der Waals surface area contributed by atoms with Gasteiger partial charge in [0.15, 0.2) is 0 Å². The normalized spacial score (nSPS) is 22.3. The minimum atomic E-state index is -4.55. The van der Waals surface area contributed by atoms with Crippen molar-refractivity contribution in [3.05, 3.63) is 28.8 Å². The Labute approximate surface area is 125 Å². The Morgan fingerprint density at radius 2 is 2.19 bits per heavy atom. The first-order chi connectivity index (χ1) is 9.78. The Kier molecular flexibility index (Phi) is 4.49. The highest BCUT2D eigenvalue weighted by Crippen LogP contribution is 2.37. The lowest BCUT2D eigenvalue weighted by Crippen LogP contribution is -2.37. The molecule has 1 aliphatic heterocycles. The summed E-state index contributed by atoms with van der Waals surface area (Å²) in [6.07, 6.45) is -3.24. The molecule has 7 heteroatoms. The lowest BCUT2D eigenvalue weighted by atomic mass is 9.83. The lowest BCUT2D eigenvalue weighted by molar-refractivity contribution is -0.137. The van der Waals surface area contributed by atoms with Crippen LogP contribution in [0, 0.1) is 5.41 Å². The van der Waals surface area contributed by atoms with Gasteiger partial charge in [-0.1, -0.05) is 18.5 Å². The number of carbonyl (C=O) groups is 1. The van der Waals surface area contributed by atoms with Crippen molar-refractivity contribution in [1.82, 2.24) is 5.32 Å². The number of halogens is 4. The molecule has 0 saturated carbocycles. The maximum Gasteiger partial charge on any atom is 0.417 e. The predicted octanol–water partition coefficient (Wildman–Crippen LogP) is 3.69. The van der Waals surface area contributed by atoms with Crippen molar-refractivity contribution >= 4 is 23.2 Å². The summed E-state index contributed by atoms with van der Waals surface area (Å²) in [4.78, 5) is 12.3. The van der Waals surface area contributed by atoms with E-state index in [-0.39, 0.29) is 16.6 Å². The lowest BCUT2D eigenvalue weighted by Gasteiger charge is -2.25. The van der Waals surface area contributed by atoms with Gasteiger partial charge in [-0.15, -0.1) is 0 Å². The summed E-state index contributed by atoms with van der Waals surface area (Å²) >= 11 is 5.56. The molecular formula is C14H16ClF3N2O. The molecule has 1 amide bonds. The standard InChI is InChI=1S/C14H16ClF3N2O/c1-2-13(5-6-19-8-13)12(21)20-9-3-4-11(15)10(7-9)14(16,17)18/h3-4,7,19H,2,5-6,8H2,1H3,(H,20,21). The van der Waals surface area contributed by atoms with Gasteiger partial charge in [-0.3, -0.25) is 4.79 Å². The summed E-state index contributed by atoms with van der Waals surface area (Å²) < 4.78 is 38.4. The number of rotatable bonds is 3. The molecule has 0 spiro atoms. The Bertz CT molecular complexity index is 540. The minimum absolute atomic E-state index is 0.108. The molecule has 1 aliphatic rings. The van der Waals surface area contributed by atoms with E-state index in [4.69, 9.17) is 11.6 Å². The number of hydrogen-bond acceptors (Lipinski definition) is 2. The van der Waals surface area contributed by atoms with Crippen molar-refractivity contribution in [2.75, 3.05) is 18.4 Å². The summed E-state index contributed by atoms with van der Waals surface area (Å²) in [6, 6.07) is 3.39. The van der Waals surface area contributed by atoms with Gasteiger partial charge in [0, 0.05) is 12.2 Å². The summed E-state index contributed by atoms with van der Waals surface area (Å²) in [6.45, 7) is 3.17. The van der Waals surface area contributed by atoms with Gasteiger partial charge >= 0.3 is 6.18 Å². The van der Waals surface area contributed by atoms with E-state index in [1.807, 2.05) is 6.92 Å². The molecule has 2 N–H and O–H groups in total. The van der Waals surface area contributed by atoms with Crippen LogP contribution >= 0.6 is 11.6 Å². The number of amides is 1. The van der Waals surface area contributed by atoms with Crippen LogP contribution in [0.15, 0.2) is 18.2 Å². The molecule has 1 unspecified atom stereocenters. The van der Waals surface area contributed by atoms with Gasteiger partial charge in [0.1, 0.15) is 0 Å². The Morgan fingerprint density at radius 3 is 2.71 bits per heavy atom. The van der Waals surface area contributed by atoms with Crippen LogP contribution < -0.4 is 10.6 Å². The zero-order valence-electron chi connectivity index (χ0n) is 11.5. The van der Waals surface area contributed by atoms with Gasteiger partial charge in [-0.25, -0.2) is 0 Å². The molecule has 1 heterocycles. The smallest absolute Gasteiger partial charge is 0.326 e. The van der Waals surface area contributed by atoms with Gasteiger partial charge in [-0.2, -0.15) is 13.2 Å². The SMILES string of the molecule is CCC1(C(=O)Nc2ccc(Cl)c(C(F)(F)F)c2)CCNC1. The average Bonchev–Trinajstić information content (AvgIpc) is 2.89. The maximum absolute atomic E-state index is 12.8. The van der Waals surface area contributed by atoms with Crippen LogP contribution in [0.5, 0.6) is 0 Å². The first-order valence-electron chi connectivity index (χ1n) is 6.67. The minimum Gasteiger partial charge on any atom is -0.326 e. The van der Waals surface area contributed by atoms with Crippen molar-refractivity contribution in [2.45, 2.75) is 25.9 Å². The number of nitrogens with one attached hydrogen (secondary N) is 2. The molecule has 0 aromatic heterocycles. The molecule has 0 radical (unpaired) electrons. The summed E-state index contributed by atoms with van der Waals surface area (Å²) in [5, 5.41) is 5.31. The first-order valence-corrected chi connectivity index (χ1v) is 7.05. The predicted molar refractivity (Wildman–Crippen MR) is 75.3 cm³/mol. The fourth-order valence-electron chi connectivity index (χ4n) is 2.48. The van der Waals surface area contributed by atoms with Crippen molar-refractivity contribution < 1.29 is 18.0 Å². The van der Waals surface area contributed by atoms with Crippen LogP contribution in [0.1, 0.15) is 25.3 Å². The zero-order chi connectivity index (χ0) is 15.7. The largest absolute Gasteiger partial charge is 0.417 e. The third kappa shape index (κ3) is 3.32. The second kappa shape index (κ2) is 5.85. The van der Waals surface area contributed by atoms with E-state index in [2.05, 4.69) is 10.6 Å². The molecule has 1 fully saturated rings. The van der Waals surface area contributed by atoms with Gasteiger partial charge in [0.05, 0.1) is 16.0 Å². The van der Waals surface area contributed by atoms with Crippen LogP contribution in [0.25, 0.3) is 0 Å². The average molecular weight is 321 g/mol. The van der Waals surface area contributed by atoms with Crippen molar-refractivity contribution in [1.29, 1.82) is 0 Å². The highest BCUT2D eigenvalue weighted by Gasteiger charge is 2.40. The van der Waals surface area contributed by atoms with E-state index in [1.165, 1.54) is 6.07 Å².